The molecule has 86 valence electrons. The molecule has 0 radical (unpaired) electrons. The number of anilines is 1. The molecule has 0 amide bonds. The summed E-state index contributed by atoms with van der Waals surface area (Å²) in [4.78, 5) is 10.6. The van der Waals surface area contributed by atoms with Crippen molar-refractivity contribution in [2.75, 3.05) is 5.32 Å². The van der Waals surface area contributed by atoms with Gasteiger partial charge in [0.2, 0.25) is 0 Å². The van der Waals surface area contributed by atoms with Crippen LogP contribution >= 0.6 is 0 Å². The molecule has 2 rings (SSSR count). The molecular weight excluding hydrogens is 204 g/mol. The Morgan fingerprint density at radius 3 is 2.69 bits per heavy atom. The van der Waals surface area contributed by atoms with Gasteiger partial charge < -0.3 is 5.32 Å². The van der Waals surface area contributed by atoms with Gasteiger partial charge in [0.25, 0.3) is 5.69 Å². The summed E-state index contributed by atoms with van der Waals surface area (Å²) in [6, 6.07) is 5.58. The molecule has 0 spiro atoms. The fraction of sp³-hybridized carbons (Fsp3) is 0.500. The van der Waals surface area contributed by atoms with Crippen LogP contribution in [0.25, 0.3) is 0 Å². The highest BCUT2D eigenvalue weighted by Gasteiger charge is 2.27. The fourth-order valence-electron chi connectivity index (χ4n) is 2.22. The third kappa shape index (κ3) is 2.01. The van der Waals surface area contributed by atoms with Gasteiger partial charge in [-0.05, 0) is 31.2 Å². The van der Waals surface area contributed by atoms with E-state index in [1.165, 1.54) is 0 Å². The molecule has 4 nitrogen and oxygen atoms in total. The number of benzene rings is 1. The molecule has 1 aliphatic carbocycles. The zero-order valence-corrected chi connectivity index (χ0v) is 9.56. The fourth-order valence-corrected chi connectivity index (χ4v) is 2.22. The van der Waals surface area contributed by atoms with Crippen molar-refractivity contribution in [2.24, 2.45) is 5.92 Å². The Bertz CT molecular complexity index is 411. The number of nitrogens with one attached hydrogen (secondary N) is 1. The number of aryl methyl sites for hydroxylation is 1. The van der Waals surface area contributed by atoms with Crippen molar-refractivity contribution >= 4 is 11.4 Å². The molecule has 0 unspecified atom stereocenters. The summed E-state index contributed by atoms with van der Waals surface area (Å²) < 4.78 is 0. The SMILES string of the molecule is Cc1cccc([N+](=O)[O-])c1NC1CC(C)C1. The number of nitro groups is 1. The normalized spacial score (nSPS) is 23.6. The van der Waals surface area contributed by atoms with E-state index in [1.807, 2.05) is 13.0 Å². The first-order chi connectivity index (χ1) is 7.58. The molecule has 0 saturated heterocycles. The maximum Gasteiger partial charge on any atom is 0.292 e. The van der Waals surface area contributed by atoms with Crippen molar-refractivity contribution < 1.29 is 4.92 Å². The highest BCUT2D eigenvalue weighted by atomic mass is 16.6. The van der Waals surface area contributed by atoms with Gasteiger partial charge in [0.05, 0.1) is 4.92 Å². The number of nitrogens with zero attached hydrogens (tertiary/aromatic N) is 1. The average Bonchev–Trinajstić information content (AvgIpc) is 2.18. The van der Waals surface area contributed by atoms with E-state index in [0.29, 0.717) is 11.7 Å². The number of para-hydroxylation sites is 1. The first-order valence-corrected chi connectivity index (χ1v) is 5.58. The van der Waals surface area contributed by atoms with Gasteiger partial charge in [-0.3, -0.25) is 10.1 Å². The largest absolute Gasteiger partial charge is 0.377 e. The molecule has 0 bridgehead atoms. The molecule has 1 aliphatic rings. The van der Waals surface area contributed by atoms with Crippen LogP contribution in [-0.4, -0.2) is 11.0 Å². The van der Waals surface area contributed by atoms with Crippen molar-refractivity contribution in [3.8, 4) is 0 Å². The minimum Gasteiger partial charge on any atom is -0.377 e. The Balaban J connectivity index is 2.21. The second-order valence-corrected chi connectivity index (χ2v) is 4.64. The van der Waals surface area contributed by atoms with Crippen molar-refractivity contribution in [2.45, 2.75) is 32.7 Å². The molecule has 0 heterocycles. The van der Waals surface area contributed by atoms with E-state index in [9.17, 15) is 10.1 Å². The van der Waals surface area contributed by atoms with Gasteiger partial charge in [-0.2, -0.15) is 0 Å². The maximum absolute atomic E-state index is 10.9. The molecule has 4 heteroatoms. The summed E-state index contributed by atoms with van der Waals surface area (Å²) in [6.45, 7) is 4.10. The molecule has 0 aliphatic heterocycles. The second-order valence-electron chi connectivity index (χ2n) is 4.64. The Morgan fingerprint density at radius 2 is 2.12 bits per heavy atom. The zero-order valence-electron chi connectivity index (χ0n) is 9.56. The number of rotatable bonds is 3. The lowest BCUT2D eigenvalue weighted by molar-refractivity contribution is -0.384. The van der Waals surface area contributed by atoms with Crippen molar-refractivity contribution in [3.05, 3.63) is 33.9 Å². The molecule has 1 aromatic carbocycles. The summed E-state index contributed by atoms with van der Waals surface area (Å²) in [5, 5.41) is 14.2. The summed E-state index contributed by atoms with van der Waals surface area (Å²) in [7, 11) is 0. The molecule has 0 atom stereocenters. The first-order valence-electron chi connectivity index (χ1n) is 5.58. The van der Waals surface area contributed by atoms with Crippen LogP contribution < -0.4 is 5.32 Å². The second kappa shape index (κ2) is 4.12. The minimum absolute atomic E-state index is 0.180. The van der Waals surface area contributed by atoms with Crippen LogP contribution in [-0.2, 0) is 0 Å². The summed E-state index contributed by atoms with van der Waals surface area (Å²) in [6.07, 6.45) is 2.21. The lowest BCUT2D eigenvalue weighted by Crippen LogP contribution is -2.34. The smallest absolute Gasteiger partial charge is 0.292 e. The van der Waals surface area contributed by atoms with Gasteiger partial charge in [0, 0.05) is 12.1 Å². The van der Waals surface area contributed by atoms with Crippen LogP contribution in [0.3, 0.4) is 0 Å². The lowest BCUT2D eigenvalue weighted by atomic mass is 9.81. The van der Waals surface area contributed by atoms with Crippen LogP contribution in [0.2, 0.25) is 0 Å². The van der Waals surface area contributed by atoms with E-state index in [0.717, 1.165) is 24.3 Å². The standard InChI is InChI=1S/C12H16N2O2/c1-8-6-10(7-8)13-12-9(2)4-3-5-11(12)14(15)16/h3-5,8,10,13H,6-7H2,1-2H3. The lowest BCUT2D eigenvalue weighted by Gasteiger charge is -2.34. The number of nitro benzene ring substituents is 1. The van der Waals surface area contributed by atoms with E-state index < -0.39 is 0 Å². The van der Waals surface area contributed by atoms with Crippen LogP contribution in [0.5, 0.6) is 0 Å². The summed E-state index contributed by atoms with van der Waals surface area (Å²) in [5.74, 6) is 0.737. The van der Waals surface area contributed by atoms with Gasteiger partial charge in [-0.25, -0.2) is 0 Å². The van der Waals surface area contributed by atoms with E-state index >= 15 is 0 Å². The topological polar surface area (TPSA) is 55.2 Å². The van der Waals surface area contributed by atoms with Crippen LogP contribution in [0, 0.1) is 23.0 Å². The highest BCUT2D eigenvalue weighted by Crippen LogP contribution is 2.34. The summed E-state index contributed by atoms with van der Waals surface area (Å²) >= 11 is 0. The number of hydrogen-bond acceptors (Lipinski definition) is 3. The van der Waals surface area contributed by atoms with Gasteiger partial charge in [0.1, 0.15) is 5.69 Å². The third-order valence-electron chi connectivity index (χ3n) is 3.17. The highest BCUT2D eigenvalue weighted by molar-refractivity contribution is 5.66. The predicted octanol–water partition coefficient (Wildman–Crippen LogP) is 3.11. The van der Waals surface area contributed by atoms with E-state index in [-0.39, 0.29) is 10.6 Å². The quantitative estimate of drug-likeness (QED) is 0.629. The monoisotopic (exact) mass is 220 g/mol. The van der Waals surface area contributed by atoms with Crippen LogP contribution in [0.1, 0.15) is 25.3 Å². The molecule has 1 N–H and O–H groups in total. The van der Waals surface area contributed by atoms with Crippen molar-refractivity contribution in [3.63, 3.8) is 0 Å². The number of hydrogen-bond donors (Lipinski definition) is 1. The van der Waals surface area contributed by atoms with Gasteiger partial charge in [-0.15, -0.1) is 0 Å². The third-order valence-corrected chi connectivity index (χ3v) is 3.17. The average molecular weight is 220 g/mol. The van der Waals surface area contributed by atoms with Gasteiger partial charge >= 0.3 is 0 Å². The van der Waals surface area contributed by atoms with Gasteiger partial charge in [-0.1, -0.05) is 19.1 Å². The van der Waals surface area contributed by atoms with E-state index in [4.69, 9.17) is 0 Å². The van der Waals surface area contributed by atoms with Crippen molar-refractivity contribution in [1.29, 1.82) is 0 Å². The maximum atomic E-state index is 10.9. The van der Waals surface area contributed by atoms with E-state index in [1.54, 1.807) is 12.1 Å². The predicted molar refractivity (Wildman–Crippen MR) is 63.6 cm³/mol. The Kier molecular flexibility index (Phi) is 2.81. The molecule has 16 heavy (non-hydrogen) atoms. The Labute approximate surface area is 94.8 Å². The minimum atomic E-state index is -0.322. The van der Waals surface area contributed by atoms with E-state index in [2.05, 4.69) is 12.2 Å². The Hall–Kier alpha value is -1.58. The molecule has 1 fully saturated rings. The first kappa shape index (κ1) is 10.9. The summed E-state index contributed by atoms with van der Waals surface area (Å²) in [5.41, 5.74) is 1.80. The molecule has 1 aromatic rings. The van der Waals surface area contributed by atoms with Crippen LogP contribution in [0.4, 0.5) is 11.4 Å². The van der Waals surface area contributed by atoms with Crippen LogP contribution in [0.15, 0.2) is 18.2 Å². The molecular formula is C12H16N2O2. The molecule has 1 saturated carbocycles. The zero-order chi connectivity index (χ0) is 11.7. The molecule has 0 aromatic heterocycles. The van der Waals surface area contributed by atoms with Gasteiger partial charge in [0.15, 0.2) is 0 Å². The Morgan fingerprint density at radius 1 is 1.44 bits per heavy atom. The van der Waals surface area contributed by atoms with Crippen molar-refractivity contribution in [1.82, 2.24) is 0 Å².